The second-order valence-corrected chi connectivity index (χ2v) is 5.95. The molecule has 4 heteroatoms. The molecule has 20 heavy (non-hydrogen) atoms. The molecule has 1 amide bonds. The van der Waals surface area contributed by atoms with E-state index in [-0.39, 0.29) is 5.91 Å². The summed E-state index contributed by atoms with van der Waals surface area (Å²) < 4.78 is 0. The Labute approximate surface area is 127 Å². The van der Waals surface area contributed by atoms with E-state index >= 15 is 0 Å². The number of hydrogen-bond donors (Lipinski definition) is 1. The zero-order chi connectivity index (χ0) is 15.1. The maximum Gasteiger partial charge on any atom is 0.224 e. The van der Waals surface area contributed by atoms with Crippen LogP contribution in [0.15, 0.2) is 24.3 Å². The molecule has 0 aliphatic heterocycles. The van der Waals surface area contributed by atoms with Crippen molar-refractivity contribution in [1.29, 1.82) is 0 Å². The molecule has 0 saturated carbocycles. The van der Waals surface area contributed by atoms with Crippen LogP contribution in [0.2, 0.25) is 5.02 Å². The lowest BCUT2D eigenvalue weighted by atomic mass is 10.1. The van der Waals surface area contributed by atoms with Gasteiger partial charge in [-0.2, -0.15) is 0 Å². The van der Waals surface area contributed by atoms with Gasteiger partial charge in [-0.15, -0.1) is 0 Å². The SMILES string of the molecule is CC(C)N(CCNC(=O)Cc1ccccc1Cl)C(C)C. The van der Waals surface area contributed by atoms with Gasteiger partial charge in [0.2, 0.25) is 5.91 Å². The van der Waals surface area contributed by atoms with Crippen LogP contribution in [0.25, 0.3) is 0 Å². The molecule has 0 aliphatic rings. The first-order valence-electron chi connectivity index (χ1n) is 7.17. The van der Waals surface area contributed by atoms with Crippen molar-refractivity contribution in [2.75, 3.05) is 13.1 Å². The van der Waals surface area contributed by atoms with Crippen molar-refractivity contribution in [3.63, 3.8) is 0 Å². The number of hydrogen-bond acceptors (Lipinski definition) is 2. The van der Waals surface area contributed by atoms with Crippen molar-refractivity contribution < 1.29 is 4.79 Å². The number of rotatable bonds is 7. The minimum Gasteiger partial charge on any atom is -0.355 e. The molecule has 0 bridgehead atoms. The lowest BCUT2D eigenvalue weighted by Gasteiger charge is -2.30. The number of nitrogens with one attached hydrogen (secondary N) is 1. The van der Waals surface area contributed by atoms with Gasteiger partial charge < -0.3 is 5.32 Å². The fourth-order valence-corrected chi connectivity index (χ4v) is 2.52. The maximum atomic E-state index is 11.9. The van der Waals surface area contributed by atoms with E-state index in [0.717, 1.165) is 12.1 Å². The van der Waals surface area contributed by atoms with E-state index in [2.05, 4.69) is 37.9 Å². The van der Waals surface area contributed by atoms with Crippen molar-refractivity contribution in [2.24, 2.45) is 0 Å². The van der Waals surface area contributed by atoms with Gasteiger partial charge in [0.05, 0.1) is 6.42 Å². The monoisotopic (exact) mass is 296 g/mol. The third kappa shape index (κ3) is 5.51. The molecule has 0 atom stereocenters. The average molecular weight is 297 g/mol. The molecule has 0 fully saturated rings. The molecule has 1 aromatic rings. The van der Waals surface area contributed by atoms with Crippen LogP contribution in [0.5, 0.6) is 0 Å². The molecule has 1 rings (SSSR count). The van der Waals surface area contributed by atoms with Gasteiger partial charge in [0.25, 0.3) is 0 Å². The van der Waals surface area contributed by atoms with E-state index in [9.17, 15) is 4.79 Å². The molecule has 0 radical (unpaired) electrons. The van der Waals surface area contributed by atoms with Gasteiger partial charge in [-0.25, -0.2) is 0 Å². The first-order valence-corrected chi connectivity index (χ1v) is 7.55. The molecule has 0 saturated heterocycles. The molecular weight excluding hydrogens is 272 g/mol. The Bertz CT molecular complexity index is 424. The number of nitrogens with zero attached hydrogens (tertiary/aromatic N) is 1. The van der Waals surface area contributed by atoms with Gasteiger partial charge >= 0.3 is 0 Å². The predicted octanol–water partition coefficient (Wildman–Crippen LogP) is 3.12. The van der Waals surface area contributed by atoms with Gasteiger partial charge in [0, 0.05) is 30.2 Å². The van der Waals surface area contributed by atoms with Crippen molar-refractivity contribution in [2.45, 2.75) is 46.2 Å². The summed E-state index contributed by atoms with van der Waals surface area (Å²) in [6.45, 7) is 10.2. The van der Waals surface area contributed by atoms with Crippen LogP contribution in [0.3, 0.4) is 0 Å². The Balaban J connectivity index is 2.39. The summed E-state index contributed by atoms with van der Waals surface area (Å²) in [5.41, 5.74) is 0.872. The summed E-state index contributed by atoms with van der Waals surface area (Å²) in [5, 5.41) is 3.61. The third-order valence-corrected chi connectivity index (χ3v) is 3.70. The van der Waals surface area contributed by atoms with Crippen LogP contribution < -0.4 is 5.32 Å². The van der Waals surface area contributed by atoms with Crippen LogP contribution in [0.1, 0.15) is 33.3 Å². The average Bonchev–Trinajstić information content (AvgIpc) is 2.36. The number of carbonyl (C=O) groups excluding carboxylic acids is 1. The van der Waals surface area contributed by atoms with E-state index < -0.39 is 0 Å². The maximum absolute atomic E-state index is 11.9. The van der Waals surface area contributed by atoms with Crippen molar-refractivity contribution >= 4 is 17.5 Å². The van der Waals surface area contributed by atoms with Gasteiger partial charge in [-0.3, -0.25) is 9.69 Å². The largest absolute Gasteiger partial charge is 0.355 e. The summed E-state index contributed by atoms with van der Waals surface area (Å²) >= 11 is 6.05. The van der Waals surface area contributed by atoms with Gasteiger partial charge in [-0.05, 0) is 39.3 Å². The van der Waals surface area contributed by atoms with E-state index in [0.29, 0.717) is 30.1 Å². The van der Waals surface area contributed by atoms with Gasteiger partial charge in [-0.1, -0.05) is 29.8 Å². The highest BCUT2D eigenvalue weighted by atomic mass is 35.5. The van der Waals surface area contributed by atoms with Crippen LogP contribution in [-0.2, 0) is 11.2 Å². The number of amides is 1. The van der Waals surface area contributed by atoms with E-state index in [4.69, 9.17) is 11.6 Å². The Morgan fingerprint density at radius 1 is 1.20 bits per heavy atom. The van der Waals surface area contributed by atoms with E-state index in [1.54, 1.807) is 0 Å². The smallest absolute Gasteiger partial charge is 0.224 e. The lowest BCUT2D eigenvalue weighted by Crippen LogP contribution is -2.42. The van der Waals surface area contributed by atoms with Crippen LogP contribution in [0.4, 0.5) is 0 Å². The van der Waals surface area contributed by atoms with Crippen molar-refractivity contribution in [3.8, 4) is 0 Å². The summed E-state index contributed by atoms with van der Waals surface area (Å²) in [7, 11) is 0. The Hall–Kier alpha value is -1.06. The second kappa shape index (κ2) is 8.28. The molecule has 3 nitrogen and oxygen atoms in total. The highest BCUT2D eigenvalue weighted by molar-refractivity contribution is 6.31. The molecule has 0 aromatic heterocycles. The fourth-order valence-electron chi connectivity index (χ4n) is 2.31. The number of halogens is 1. The molecule has 0 spiro atoms. The quantitative estimate of drug-likeness (QED) is 0.838. The van der Waals surface area contributed by atoms with E-state index in [1.807, 2.05) is 24.3 Å². The Morgan fingerprint density at radius 2 is 1.80 bits per heavy atom. The van der Waals surface area contributed by atoms with Crippen molar-refractivity contribution in [1.82, 2.24) is 10.2 Å². The fraction of sp³-hybridized carbons (Fsp3) is 0.562. The normalized spacial score (nSPS) is 11.4. The minimum atomic E-state index is 0.0190. The first-order chi connectivity index (χ1) is 9.41. The summed E-state index contributed by atoms with van der Waals surface area (Å²) in [6.07, 6.45) is 0.336. The molecule has 0 unspecified atom stereocenters. The zero-order valence-corrected chi connectivity index (χ0v) is 13.6. The van der Waals surface area contributed by atoms with Crippen molar-refractivity contribution in [3.05, 3.63) is 34.9 Å². The van der Waals surface area contributed by atoms with Crippen LogP contribution >= 0.6 is 11.6 Å². The molecule has 0 heterocycles. The zero-order valence-electron chi connectivity index (χ0n) is 12.8. The molecular formula is C16H25ClN2O. The van der Waals surface area contributed by atoms with Gasteiger partial charge in [0.15, 0.2) is 0 Å². The summed E-state index contributed by atoms with van der Waals surface area (Å²) in [6, 6.07) is 8.42. The third-order valence-electron chi connectivity index (χ3n) is 3.33. The minimum absolute atomic E-state index is 0.0190. The first kappa shape index (κ1) is 17.0. The van der Waals surface area contributed by atoms with Crippen LogP contribution in [-0.4, -0.2) is 36.0 Å². The molecule has 112 valence electrons. The Kier molecular flexibility index (Phi) is 7.03. The topological polar surface area (TPSA) is 32.3 Å². The lowest BCUT2D eigenvalue weighted by molar-refractivity contribution is -0.120. The van der Waals surface area contributed by atoms with E-state index in [1.165, 1.54) is 0 Å². The van der Waals surface area contributed by atoms with Gasteiger partial charge in [0.1, 0.15) is 0 Å². The molecule has 1 N–H and O–H groups in total. The highest BCUT2D eigenvalue weighted by Gasteiger charge is 2.13. The second-order valence-electron chi connectivity index (χ2n) is 5.54. The predicted molar refractivity (Wildman–Crippen MR) is 85.1 cm³/mol. The molecule has 0 aliphatic carbocycles. The Morgan fingerprint density at radius 3 is 2.35 bits per heavy atom. The summed E-state index contributed by atoms with van der Waals surface area (Å²) in [5.74, 6) is 0.0190. The number of benzene rings is 1. The standard InChI is InChI=1S/C16H25ClN2O/c1-12(2)19(13(3)4)10-9-18-16(20)11-14-7-5-6-8-15(14)17/h5-8,12-13H,9-11H2,1-4H3,(H,18,20). The summed E-state index contributed by atoms with van der Waals surface area (Å²) in [4.78, 5) is 14.3. The highest BCUT2D eigenvalue weighted by Crippen LogP contribution is 2.15. The number of carbonyl (C=O) groups is 1. The molecule has 1 aromatic carbocycles. The van der Waals surface area contributed by atoms with Crippen LogP contribution in [0, 0.1) is 0 Å².